The molecule has 3 aliphatic rings. The van der Waals surface area contributed by atoms with E-state index in [1.165, 1.54) is 22.3 Å². The standard InChI is InChI=1S/C23H23NO5/c25-22(26)14-9-15-11-24(12-16(10-14)29-15)23(27)28-13-21-19-7-3-1-5-17(19)18-6-2-4-8-20(18)21/h1-8,14-16,21H,9-13H2,(H,25,26)/t14?,15-,16+. The van der Waals surface area contributed by atoms with Crippen molar-refractivity contribution < 1.29 is 24.2 Å². The molecule has 0 spiro atoms. The highest BCUT2D eigenvalue weighted by Gasteiger charge is 2.40. The summed E-state index contributed by atoms with van der Waals surface area (Å²) in [6.45, 7) is 1.06. The maximum atomic E-state index is 12.8. The molecular formula is C23H23NO5. The molecule has 0 radical (unpaired) electrons. The Kier molecular flexibility index (Phi) is 4.51. The van der Waals surface area contributed by atoms with Gasteiger partial charge in [-0.1, -0.05) is 48.5 Å². The summed E-state index contributed by atoms with van der Waals surface area (Å²) in [7, 11) is 0. The Hall–Kier alpha value is -2.86. The quantitative estimate of drug-likeness (QED) is 0.864. The van der Waals surface area contributed by atoms with Crippen LogP contribution in [0.3, 0.4) is 0 Å². The first-order chi connectivity index (χ1) is 14.1. The molecule has 29 heavy (non-hydrogen) atoms. The van der Waals surface area contributed by atoms with Gasteiger partial charge in [0.15, 0.2) is 0 Å². The highest BCUT2D eigenvalue weighted by atomic mass is 16.6. The van der Waals surface area contributed by atoms with Crippen LogP contribution >= 0.6 is 0 Å². The minimum absolute atomic E-state index is 0.0308. The fourth-order valence-corrected chi connectivity index (χ4v) is 4.95. The lowest BCUT2D eigenvalue weighted by molar-refractivity contribution is -0.159. The van der Waals surface area contributed by atoms with Crippen LogP contribution in [0, 0.1) is 5.92 Å². The predicted molar refractivity (Wildman–Crippen MR) is 106 cm³/mol. The van der Waals surface area contributed by atoms with E-state index in [1.807, 2.05) is 24.3 Å². The lowest BCUT2D eigenvalue weighted by Crippen LogP contribution is -2.54. The van der Waals surface area contributed by atoms with Crippen LogP contribution in [0.2, 0.25) is 0 Å². The number of fused-ring (bicyclic) bond motifs is 5. The van der Waals surface area contributed by atoms with Crippen molar-refractivity contribution in [3.63, 3.8) is 0 Å². The Balaban J connectivity index is 1.27. The molecule has 2 bridgehead atoms. The number of benzene rings is 2. The minimum atomic E-state index is -0.780. The van der Waals surface area contributed by atoms with Gasteiger partial charge in [0.05, 0.1) is 31.2 Å². The number of hydrogen-bond donors (Lipinski definition) is 1. The zero-order valence-electron chi connectivity index (χ0n) is 16.0. The summed E-state index contributed by atoms with van der Waals surface area (Å²) < 4.78 is 11.6. The number of carbonyl (C=O) groups excluding carboxylic acids is 1. The molecule has 2 aliphatic heterocycles. The van der Waals surface area contributed by atoms with Gasteiger partial charge in [0.2, 0.25) is 0 Å². The van der Waals surface area contributed by atoms with Gasteiger partial charge >= 0.3 is 12.1 Å². The first kappa shape index (κ1) is 18.2. The molecule has 5 rings (SSSR count). The zero-order chi connectivity index (χ0) is 20.0. The van der Waals surface area contributed by atoms with E-state index in [0.717, 1.165) is 0 Å². The molecule has 2 aromatic rings. The summed E-state index contributed by atoms with van der Waals surface area (Å²) in [5.74, 6) is -1.13. The Morgan fingerprint density at radius 2 is 1.52 bits per heavy atom. The van der Waals surface area contributed by atoms with Gasteiger partial charge < -0.3 is 19.5 Å². The van der Waals surface area contributed by atoms with Crippen molar-refractivity contribution >= 4 is 12.1 Å². The second-order valence-corrected chi connectivity index (χ2v) is 8.10. The Morgan fingerprint density at radius 3 is 2.07 bits per heavy atom. The average molecular weight is 393 g/mol. The molecule has 0 saturated carbocycles. The number of aliphatic carboxylic acids is 1. The number of carboxylic acid groups (broad SMARTS) is 1. The third-order valence-corrected chi connectivity index (χ3v) is 6.27. The molecule has 1 unspecified atom stereocenters. The number of hydrogen-bond acceptors (Lipinski definition) is 4. The SMILES string of the molecule is O=C(O)C1C[C@@H]2CN(C(=O)OCC3c4ccccc4-c4ccccc43)C[C@H](C1)O2. The first-order valence-corrected chi connectivity index (χ1v) is 10.1. The van der Waals surface area contributed by atoms with Gasteiger partial charge in [0.25, 0.3) is 0 Å². The van der Waals surface area contributed by atoms with Crippen molar-refractivity contribution in [2.75, 3.05) is 19.7 Å². The molecule has 2 heterocycles. The van der Waals surface area contributed by atoms with Crippen LogP contribution in [0.5, 0.6) is 0 Å². The number of nitrogens with zero attached hydrogens (tertiary/aromatic N) is 1. The highest BCUT2D eigenvalue weighted by molar-refractivity contribution is 5.79. The molecule has 1 N–H and O–H groups in total. The van der Waals surface area contributed by atoms with Crippen LogP contribution < -0.4 is 0 Å². The van der Waals surface area contributed by atoms with E-state index in [1.54, 1.807) is 4.90 Å². The molecular weight excluding hydrogens is 370 g/mol. The summed E-state index contributed by atoms with van der Waals surface area (Å²) in [4.78, 5) is 25.7. The fourth-order valence-electron chi connectivity index (χ4n) is 4.95. The normalized spacial score (nSPS) is 25.2. The summed E-state index contributed by atoms with van der Waals surface area (Å²) in [6, 6.07) is 16.5. The van der Waals surface area contributed by atoms with E-state index >= 15 is 0 Å². The third kappa shape index (κ3) is 3.27. The monoisotopic (exact) mass is 393 g/mol. The van der Waals surface area contributed by atoms with Gasteiger partial charge in [-0.15, -0.1) is 0 Å². The first-order valence-electron chi connectivity index (χ1n) is 10.1. The van der Waals surface area contributed by atoms with Crippen LogP contribution in [-0.2, 0) is 14.3 Å². The van der Waals surface area contributed by atoms with E-state index in [2.05, 4.69) is 24.3 Å². The second kappa shape index (κ2) is 7.19. The number of amides is 1. The van der Waals surface area contributed by atoms with Crippen molar-refractivity contribution in [3.8, 4) is 11.1 Å². The number of rotatable bonds is 3. The highest BCUT2D eigenvalue weighted by Crippen LogP contribution is 2.44. The van der Waals surface area contributed by atoms with E-state index in [9.17, 15) is 14.7 Å². The topological polar surface area (TPSA) is 76.1 Å². The van der Waals surface area contributed by atoms with Gasteiger partial charge in [-0.25, -0.2) is 4.79 Å². The van der Waals surface area contributed by atoms with Crippen LogP contribution in [0.15, 0.2) is 48.5 Å². The van der Waals surface area contributed by atoms with Crippen molar-refractivity contribution in [3.05, 3.63) is 59.7 Å². The molecule has 1 amide bonds. The molecule has 2 saturated heterocycles. The van der Waals surface area contributed by atoms with Crippen molar-refractivity contribution in [2.24, 2.45) is 5.92 Å². The van der Waals surface area contributed by atoms with Crippen LogP contribution in [-0.4, -0.2) is 54.0 Å². The second-order valence-electron chi connectivity index (χ2n) is 8.10. The molecule has 2 fully saturated rings. The van der Waals surface area contributed by atoms with E-state index < -0.39 is 5.97 Å². The lowest BCUT2D eigenvalue weighted by atomic mass is 9.89. The van der Waals surface area contributed by atoms with Gasteiger partial charge in [0, 0.05) is 5.92 Å². The summed E-state index contributed by atoms with van der Waals surface area (Å²) >= 11 is 0. The smallest absolute Gasteiger partial charge is 0.409 e. The van der Waals surface area contributed by atoms with Crippen molar-refractivity contribution in [1.29, 1.82) is 0 Å². The van der Waals surface area contributed by atoms with Crippen LogP contribution in [0.4, 0.5) is 4.79 Å². The number of carboxylic acids is 1. The molecule has 1 aliphatic carbocycles. The molecule has 150 valence electrons. The summed E-state index contributed by atoms with van der Waals surface area (Å²) in [5.41, 5.74) is 4.77. The van der Waals surface area contributed by atoms with Gasteiger partial charge in [0.1, 0.15) is 6.61 Å². The number of likely N-dealkylation sites (tertiary alicyclic amines) is 1. The van der Waals surface area contributed by atoms with E-state index in [-0.39, 0.29) is 36.7 Å². The fraction of sp³-hybridized carbons (Fsp3) is 0.391. The third-order valence-electron chi connectivity index (χ3n) is 6.27. The van der Waals surface area contributed by atoms with Gasteiger partial charge in [-0.05, 0) is 35.1 Å². The minimum Gasteiger partial charge on any atom is -0.481 e. The van der Waals surface area contributed by atoms with E-state index in [4.69, 9.17) is 9.47 Å². The summed E-state index contributed by atoms with van der Waals surface area (Å²) in [6.07, 6.45) is 0.0740. The zero-order valence-corrected chi connectivity index (χ0v) is 16.0. The lowest BCUT2D eigenvalue weighted by Gasteiger charge is -2.42. The predicted octanol–water partition coefficient (Wildman–Crippen LogP) is 3.50. The van der Waals surface area contributed by atoms with Gasteiger partial charge in [-0.3, -0.25) is 4.79 Å². The van der Waals surface area contributed by atoms with E-state index in [0.29, 0.717) is 25.9 Å². The molecule has 6 heteroatoms. The van der Waals surface area contributed by atoms with Crippen LogP contribution in [0.1, 0.15) is 29.9 Å². The maximum absolute atomic E-state index is 12.8. The number of morpholine rings is 1. The average Bonchev–Trinajstić information content (AvgIpc) is 3.05. The summed E-state index contributed by atoms with van der Waals surface area (Å²) in [5, 5.41) is 9.27. The Bertz CT molecular complexity index is 898. The largest absolute Gasteiger partial charge is 0.481 e. The Labute approximate surface area is 169 Å². The Morgan fingerprint density at radius 1 is 0.966 bits per heavy atom. The maximum Gasteiger partial charge on any atom is 0.409 e. The number of ether oxygens (including phenoxy) is 2. The molecule has 3 atom stereocenters. The molecule has 2 aromatic carbocycles. The van der Waals surface area contributed by atoms with Crippen molar-refractivity contribution in [1.82, 2.24) is 4.90 Å². The number of carbonyl (C=O) groups is 2. The van der Waals surface area contributed by atoms with Gasteiger partial charge in [-0.2, -0.15) is 0 Å². The molecule has 0 aromatic heterocycles. The van der Waals surface area contributed by atoms with Crippen molar-refractivity contribution in [2.45, 2.75) is 31.0 Å². The van der Waals surface area contributed by atoms with Crippen LogP contribution in [0.25, 0.3) is 11.1 Å². The molecule has 6 nitrogen and oxygen atoms in total.